The monoisotopic (exact) mass is 450 g/mol. The standard InChI is InChI=1S/C18H19FN6O3S2/c19-13-9-12(30(20,27)28)1-2-14(13)21-10-16(26)24-4-6-25(7-5-24)18-17-15(3-8-29-17)22-11-23-18/h1-3,8-9,11,21H,4-7,10H2,(H2,20,27,28). The number of nitrogens with one attached hydrogen (secondary N) is 1. The second-order valence-electron chi connectivity index (χ2n) is 6.74. The van der Waals surface area contributed by atoms with Gasteiger partial charge in [-0.1, -0.05) is 0 Å². The molecule has 3 heterocycles. The van der Waals surface area contributed by atoms with Gasteiger partial charge in [-0.05, 0) is 29.6 Å². The van der Waals surface area contributed by atoms with Crippen LogP contribution in [0.25, 0.3) is 10.2 Å². The van der Waals surface area contributed by atoms with Gasteiger partial charge in [-0.3, -0.25) is 4.79 Å². The zero-order valence-electron chi connectivity index (χ0n) is 15.8. The summed E-state index contributed by atoms with van der Waals surface area (Å²) in [5.41, 5.74) is 0.943. The van der Waals surface area contributed by atoms with E-state index in [4.69, 9.17) is 5.14 Å². The number of carbonyl (C=O) groups is 1. The van der Waals surface area contributed by atoms with E-state index in [1.165, 1.54) is 12.1 Å². The van der Waals surface area contributed by atoms with Crippen LogP contribution in [0, 0.1) is 5.82 Å². The molecule has 4 rings (SSSR count). The number of thiophene rings is 1. The SMILES string of the molecule is NS(=O)(=O)c1ccc(NCC(=O)N2CCN(c3ncnc4ccsc34)CC2)c(F)c1. The second-order valence-corrected chi connectivity index (χ2v) is 9.22. The maximum Gasteiger partial charge on any atom is 0.241 e. The number of rotatable bonds is 5. The quantitative estimate of drug-likeness (QED) is 0.600. The molecule has 3 aromatic rings. The van der Waals surface area contributed by atoms with Crippen molar-refractivity contribution in [1.82, 2.24) is 14.9 Å². The zero-order chi connectivity index (χ0) is 21.3. The normalized spacial score (nSPS) is 14.9. The van der Waals surface area contributed by atoms with Gasteiger partial charge in [0.1, 0.15) is 18.0 Å². The lowest BCUT2D eigenvalue weighted by molar-refractivity contribution is -0.129. The Hall–Kier alpha value is -2.83. The van der Waals surface area contributed by atoms with Gasteiger partial charge >= 0.3 is 0 Å². The number of anilines is 2. The van der Waals surface area contributed by atoms with Crippen molar-refractivity contribution in [2.45, 2.75) is 4.90 Å². The molecule has 3 N–H and O–H groups in total. The number of amides is 1. The molecule has 158 valence electrons. The molecule has 9 nitrogen and oxygen atoms in total. The molecule has 0 atom stereocenters. The third-order valence-corrected chi connectivity index (χ3v) is 6.67. The Balaban J connectivity index is 1.34. The first-order chi connectivity index (χ1) is 14.3. The number of aromatic nitrogens is 2. The number of fused-ring (bicyclic) bond motifs is 1. The average molecular weight is 451 g/mol. The van der Waals surface area contributed by atoms with Crippen molar-refractivity contribution in [2.75, 3.05) is 42.9 Å². The van der Waals surface area contributed by atoms with Crippen molar-refractivity contribution in [2.24, 2.45) is 5.14 Å². The number of hydrogen-bond acceptors (Lipinski definition) is 8. The number of sulfonamides is 1. The minimum atomic E-state index is -3.98. The molecule has 0 spiro atoms. The highest BCUT2D eigenvalue weighted by molar-refractivity contribution is 7.89. The van der Waals surface area contributed by atoms with Gasteiger partial charge in [-0.15, -0.1) is 11.3 Å². The Kier molecular flexibility index (Phi) is 5.54. The number of hydrogen-bond donors (Lipinski definition) is 2. The molecular weight excluding hydrogens is 431 g/mol. The van der Waals surface area contributed by atoms with Crippen LogP contribution in [0.5, 0.6) is 0 Å². The van der Waals surface area contributed by atoms with Crippen LogP contribution in [0.3, 0.4) is 0 Å². The molecule has 0 saturated carbocycles. The summed E-state index contributed by atoms with van der Waals surface area (Å²) in [4.78, 5) is 24.7. The van der Waals surface area contributed by atoms with E-state index in [0.29, 0.717) is 26.2 Å². The van der Waals surface area contributed by atoms with Crippen LogP contribution in [-0.2, 0) is 14.8 Å². The van der Waals surface area contributed by atoms with Crippen molar-refractivity contribution >= 4 is 49.0 Å². The number of nitrogens with zero attached hydrogens (tertiary/aromatic N) is 4. The van der Waals surface area contributed by atoms with Crippen LogP contribution in [0.2, 0.25) is 0 Å². The number of halogens is 1. The summed E-state index contributed by atoms with van der Waals surface area (Å²) < 4.78 is 37.7. The lowest BCUT2D eigenvalue weighted by atomic mass is 10.2. The Morgan fingerprint density at radius 1 is 1.20 bits per heavy atom. The van der Waals surface area contributed by atoms with Crippen LogP contribution in [-0.4, -0.2) is 61.9 Å². The number of nitrogens with two attached hydrogens (primary N) is 1. The average Bonchev–Trinajstić information content (AvgIpc) is 3.21. The molecular formula is C18H19FN6O3S2. The fraction of sp³-hybridized carbons (Fsp3) is 0.278. The van der Waals surface area contributed by atoms with E-state index in [1.54, 1.807) is 22.6 Å². The van der Waals surface area contributed by atoms with E-state index in [-0.39, 0.29) is 23.0 Å². The van der Waals surface area contributed by atoms with Gasteiger partial charge in [-0.25, -0.2) is 27.9 Å². The van der Waals surface area contributed by atoms with Gasteiger partial charge in [0.15, 0.2) is 0 Å². The predicted molar refractivity (Wildman–Crippen MR) is 112 cm³/mol. The maximum absolute atomic E-state index is 14.1. The highest BCUT2D eigenvalue weighted by atomic mass is 32.2. The maximum atomic E-state index is 14.1. The topological polar surface area (TPSA) is 122 Å². The molecule has 1 amide bonds. The number of benzene rings is 1. The summed E-state index contributed by atoms with van der Waals surface area (Å²) in [6.07, 6.45) is 1.54. The molecule has 30 heavy (non-hydrogen) atoms. The van der Waals surface area contributed by atoms with Crippen LogP contribution in [0.1, 0.15) is 0 Å². The summed E-state index contributed by atoms with van der Waals surface area (Å²) in [5, 5.41) is 9.68. The number of carbonyl (C=O) groups excluding carboxylic acids is 1. The van der Waals surface area contributed by atoms with Crippen molar-refractivity contribution in [1.29, 1.82) is 0 Å². The van der Waals surface area contributed by atoms with Gasteiger partial charge in [0.25, 0.3) is 0 Å². The largest absolute Gasteiger partial charge is 0.374 e. The van der Waals surface area contributed by atoms with Gasteiger partial charge in [0.2, 0.25) is 15.9 Å². The molecule has 1 aliphatic rings. The Morgan fingerprint density at radius 2 is 1.97 bits per heavy atom. The number of primary sulfonamides is 1. The minimum absolute atomic E-state index is 0.0375. The highest BCUT2D eigenvalue weighted by Gasteiger charge is 2.23. The van der Waals surface area contributed by atoms with E-state index in [2.05, 4.69) is 20.2 Å². The van der Waals surface area contributed by atoms with Crippen LogP contribution >= 0.6 is 11.3 Å². The third kappa shape index (κ3) is 4.20. The fourth-order valence-electron chi connectivity index (χ4n) is 3.27. The molecule has 1 fully saturated rings. The lowest BCUT2D eigenvalue weighted by Gasteiger charge is -2.35. The van der Waals surface area contributed by atoms with E-state index in [1.807, 2.05) is 11.4 Å². The van der Waals surface area contributed by atoms with Crippen LogP contribution in [0.15, 0.2) is 40.9 Å². The van der Waals surface area contributed by atoms with Gasteiger partial charge < -0.3 is 15.1 Å². The summed E-state index contributed by atoms with van der Waals surface area (Å²) in [5.74, 6) is -0.0892. The summed E-state index contributed by atoms with van der Waals surface area (Å²) >= 11 is 1.59. The first kappa shape index (κ1) is 20.4. The molecule has 1 saturated heterocycles. The zero-order valence-corrected chi connectivity index (χ0v) is 17.4. The van der Waals surface area contributed by atoms with Gasteiger partial charge in [-0.2, -0.15) is 0 Å². The first-order valence-electron chi connectivity index (χ1n) is 9.10. The van der Waals surface area contributed by atoms with E-state index < -0.39 is 15.8 Å². The molecule has 12 heteroatoms. The highest BCUT2D eigenvalue weighted by Crippen LogP contribution is 2.28. The van der Waals surface area contributed by atoms with E-state index >= 15 is 0 Å². The smallest absolute Gasteiger partial charge is 0.241 e. The van der Waals surface area contributed by atoms with Crippen LogP contribution in [0.4, 0.5) is 15.9 Å². The molecule has 1 aliphatic heterocycles. The molecule has 1 aromatic carbocycles. The summed E-state index contributed by atoms with van der Waals surface area (Å²) in [7, 11) is -3.98. The third-order valence-electron chi connectivity index (χ3n) is 4.86. The fourth-order valence-corrected chi connectivity index (χ4v) is 4.65. The van der Waals surface area contributed by atoms with Gasteiger partial charge in [0.05, 0.1) is 27.3 Å². The van der Waals surface area contributed by atoms with Crippen molar-refractivity contribution < 1.29 is 17.6 Å². The molecule has 0 unspecified atom stereocenters. The first-order valence-corrected chi connectivity index (χ1v) is 11.5. The summed E-state index contributed by atoms with van der Waals surface area (Å²) in [6, 6.07) is 5.22. The van der Waals surface area contributed by atoms with Crippen molar-refractivity contribution in [3.8, 4) is 0 Å². The Bertz CT molecular complexity index is 1190. The minimum Gasteiger partial charge on any atom is -0.374 e. The molecule has 0 bridgehead atoms. The van der Waals surface area contributed by atoms with Crippen LogP contribution < -0.4 is 15.4 Å². The number of piperazine rings is 1. The molecule has 2 aromatic heterocycles. The Labute approximate surface area is 176 Å². The van der Waals surface area contributed by atoms with Crippen molar-refractivity contribution in [3.05, 3.63) is 41.8 Å². The van der Waals surface area contributed by atoms with Gasteiger partial charge in [0, 0.05) is 26.2 Å². The Morgan fingerprint density at radius 3 is 2.67 bits per heavy atom. The second kappa shape index (κ2) is 8.13. The summed E-state index contributed by atoms with van der Waals surface area (Å²) in [6.45, 7) is 2.20. The predicted octanol–water partition coefficient (Wildman–Crippen LogP) is 1.24. The molecule has 0 radical (unpaired) electrons. The molecule has 0 aliphatic carbocycles. The lowest BCUT2D eigenvalue weighted by Crippen LogP contribution is -2.50. The van der Waals surface area contributed by atoms with E-state index in [9.17, 15) is 17.6 Å². The van der Waals surface area contributed by atoms with Crippen molar-refractivity contribution in [3.63, 3.8) is 0 Å². The van der Waals surface area contributed by atoms with E-state index in [0.717, 1.165) is 22.1 Å².